The molecule has 1 atom stereocenters. The van der Waals surface area contributed by atoms with Gasteiger partial charge in [-0.25, -0.2) is 0 Å². The molecule has 2 heteroatoms. The van der Waals surface area contributed by atoms with Crippen LogP contribution in [0.3, 0.4) is 0 Å². The Hall–Kier alpha value is -0.0800. The lowest BCUT2D eigenvalue weighted by molar-refractivity contribution is -0.0968. The number of ether oxygens (including phenoxy) is 1. The van der Waals surface area contributed by atoms with Gasteiger partial charge in [0.1, 0.15) is 6.23 Å². The van der Waals surface area contributed by atoms with Crippen molar-refractivity contribution in [3.05, 3.63) is 0 Å². The zero-order valence-corrected chi connectivity index (χ0v) is 8.76. The topological polar surface area (TPSA) is 12.5 Å². The molecule has 1 saturated heterocycles. The summed E-state index contributed by atoms with van der Waals surface area (Å²) in [5.41, 5.74) is 0.251. The van der Waals surface area contributed by atoms with E-state index in [1.165, 1.54) is 25.8 Å². The maximum Gasteiger partial charge on any atom is 0.110 e. The van der Waals surface area contributed by atoms with Crippen LogP contribution in [0.1, 0.15) is 40.0 Å². The molecule has 0 bridgehead atoms. The average molecular weight is 171 g/mol. The van der Waals surface area contributed by atoms with Crippen molar-refractivity contribution in [2.75, 3.05) is 13.7 Å². The molecule has 1 fully saturated rings. The highest BCUT2D eigenvalue weighted by atomic mass is 16.5. The average Bonchev–Trinajstić information content (AvgIpc) is 2.03. The van der Waals surface area contributed by atoms with Gasteiger partial charge in [-0.2, -0.15) is 0 Å². The van der Waals surface area contributed by atoms with Crippen molar-refractivity contribution in [3.63, 3.8) is 0 Å². The summed E-state index contributed by atoms with van der Waals surface area (Å²) in [6, 6.07) is 0. The van der Waals surface area contributed by atoms with Crippen LogP contribution in [0.15, 0.2) is 0 Å². The maximum absolute atomic E-state index is 5.46. The predicted molar refractivity (Wildman–Crippen MR) is 51.1 cm³/mol. The highest BCUT2D eigenvalue weighted by molar-refractivity contribution is 4.81. The first kappa shape index (κ1) is 10.0. The smallest absolute Gasteiger partial charge is 0.110 e. The van der Waals surface area contributed by atoms with Crippen LogP contribution in [0.2, 0.25) is 0 Å². The maximum atomic E-state index is 5.46. The standard InChI is InChI=1S/C10H21NO/c1-10(2,3)11-8-6-5-7-9(11)12-4/h9H,5-8H2,1-4H3. The molecule has 12 heavy (non-hydrogen) atoms. The molecule has 0 aromatic heterocycles. The van der Waals surface area contributed by atoms with Gasteiger partial charge >= 0.3 is 0 Å². The number of piperidine rings is 1. The fraction of sp³-hybridized carbons (Fsp3) is 1.00. The molecule has 1 rings (SSSR count). The van der Waals surface area contributed by atoms with Gasteiger partial charge in [0.2, 0.25) is 0 Å². The minimum absolute atomic E-state index is 0.251. The molecule has 0 amide bonds. The van der Waals surface area contributed by atoms with Crippen LogP contribution in [-0.4, -0.2) is 30.3 Å². The number of nitrogens with zero attached hydrogens (tertiary/aromatic N) is 1. The van der Waals surface area contributed by atoms with Crippen molar-refractivity contribution < 1.29 is 4.74 Å². The fourth-order valence-corrected chi connectivity index (χ4v) is 1.91. The highest BCUT2D eigenvalue weighted by Crippen LogP contribution is 2.25. The van der Waals surface area contributed by atoms with Gasteiger partial charge in [-0.05, 0) is 40.0 Å². The van der Waals surface area contributed by atoms with E-state index in [4.69, 9.17) is 4.74 Å². The van der Waals surface area contributed by atoms with Crippen LogP contribution in [0.25, 0.3) is 0 Å². The van der Waals surface area contributed by atoms with E-state index in [0.717, 1.165) is 0 Å². The Morgan fingerprint density at radius 1 is 1.25 bits per heavy atom. The van der Waals surface area contributed by atoms with Crippen LogP contribution in [0, 0.1) is 0 Å². The summed E-state index contributed by atoms with van der Waals surface area (Å²) in [6.07, 6.45) is 4.16. The second-order valence-corrected chi connectivity index (χ2v) is 4.55. The van der Waals surface area contributed by atoms with E-state index in [1.807, 2.05) is 7.11 Å². The van der Waals surface area contributed by atoms with E-state index in [9.17, 15) is 0 Å². The predicted octanol–water partition coefficient (Wildman–Crippen LogP) is 2.24. The second-order valence-electron chi connectivity index (χ2n) is 4.55. The molecular formula is C10H21NO. The van der Waals surface area contributed by atoms with E-state index in [2.05, 4.69) is 25.7 Å². The zero-order valence-electron chi connectivity index (χ0n) is 8.76. The Kier molecular flexibility index (Phi) is 3.13. The van der Waals surface area contributed by atoms with Gasteiger partial charge in [0.05, 0.1) is 0 Å². The third-order valence-electron chi connectivity index (χ3n) is 2.58. The number of rotatable bonds is 1. The Balaban J connectivity index is 2.59. The Morgan fingerprint density at radius 3 is 2.33 bits per heavy atom. The Bertz CT molecular complexity index is 139. The molecule has 0 aromatic carbocycles. The van der Waals surface area contributed by atoms with E-state index in [0.29, 0.717) is 6.23 Å². The lowest BCUT2D eigenvalue weighted by Gasteiger charge is -2.43. The highest BCUT2D eigenvalue weighted by Gasteiger charge is 2.30. The normalized spacial score (nSPS) is 27.5. The molecule has 1 aliphatic heterocycles. The van der Waals surface area contributed by atoms with Crippen LogP contribution in [-0.2, 0) is 4.74 Å². The lowest BCUT2D eigenvalue weighted by Crippen LogP contribution is -2.51. The molecule has 0 aliphatic carbocycles. The molecule has 0 spiro atoms. The summed E-state index contributed by atoms with van der Waals surface area (Å²) < 4.78 is 5.46. The van der Waals surface area contributed by atoms with E-state index >= 15 is 0 Å². The summed E-state index contributed by atoms with van der Waals surface area (Å²) in [4.78, 5) is 2.45. The molecule has 0 N–H and O–H groups in total. The third-order valence-corrected chi connectivity index (χ3v) is 2.58. The van der Waals surface area contributed by atoms with Gasteiger partial charge in [-0.3, -0.25) is 4.90 Å². The summed E-state index contributed by atoms with van der Waals surface area (Å²) in [5, 5.41) is 0. The largest absolute Gasteiger partial charge is 0.366 e. The van der Waals surface area contributed by atoms with E-state index < -0.39 is 0 Å². The molecule has 1 heterocycles. The molecule has 1 aliphatic rings. The van der Waals surface area contributed by atoms with Crippen molar-refractivity contribution in [2.45, 2.75) is 51.8 Å². The minimum Gasteiger partial charge on any atom is -0.366 e. The summed E-state index contributed by atoms with van der Waals surface area (Å²) in [5.74, 6) is 0. The number of hydrogen-bond donors (Lipinski definition) is 0. The van der Waals surface area contributed by atoms with Crippen LogP contribution >= 0.6 is 0 Å². The fourth-order valence-electron chi connectivity index (χ4n) is 1.91. The van der Waals surface area contributed by atoms with Crippen molar-refractivity contribution in [1.29, 1.82) is 0 Å². The van der Waals surface area contributed by atoms with Crippen LogP contribution in [0.5, 0.6) is 0 Å². The van der Waals surface area contributed by atoms with Gasteiger partial charge < -0.3 is 4.74 Å². The van der Waals surface area contributed by atoms with E-state index in [1.54, 1.807) is 0 Å². The van der Waals surface area contributed by atoms with E-state index in [-0.39, 0.29) is 5.54 Å². The van der Waals surface area contributed by atoms with Crippen LogP contribution in [0.4, 0.5) is 0 Å². The van der Waals surface area contributed by atoms with Gasteiger partial charge in [0.15, 0.2) is 0 Å². The van der Waals surface area contributed by atoms with Crippen molar-refractivity contribution in [1.82, 2.24) is 4.90 Å². The first-order valence-electron chi connectivity index (χ1n) is 4.85. The lowest BCUT2D eigenvalue weighted by atomic mass is 10.00. The molecular weight excluding hydrogens is 150 g/mol. The first-order valence-corrected chi connectivity index (χ1v) is 4.85. The monoisotopic (exact) mass is 171 g/mol. The van der Waals surface area contributed by atoms with Gasteiger partial charge in [0, 0.05) is 19.2 Å². The molecule has 0 saturated carbocycles. The second kappa shape index (κ2) is 3.75. The Morgan fingerprint density at radius 2 is 1.92 bits per heavy atom. The summed E-state index contributed by atoms with van der Waals surface area (Å²) >= 11 is 0. The zero-order chi connectivity index (χ0) is 9.19. The number of methoxy groups -OCH3 is 1. The number of hydrogen-bond acceptors (Lipinski definition) is 2. The van der Waals surface area contributed by atoms with Gasteiger partial charge in [-0.1, -0.05) is 0 Å². The van der Waals surface area contributed by atoms with Crippen molar-refractivity contribution in [3.8, 4) is 0 Å². The number of likely N-dealkylation sites (tertiary alicyclic amines) is 1. The minimum atomic E-state index is 0.251. The molecule has 0 radical (unpaired) electrons. The van der Waals surface area contributed by atoms with Crippen molar-refractivity contribution in [2.24, 2.45) is 0 Å². The SMILES string of the molecule is COC1CCCCN1C(C)(C)C. The van der Waals surface area contributed by atoms with Crippen LogP contribution < -0.4 is 0 Å². The molecule has 2 nitrogen and oxygen atoms in total. The van der Waals surface area contributed by atoms with Gasteiger partial charge in [0.25, 0.3) is 0 Å². The van der Waals surface area contributed by atoms with Crippen molar-refractivity contribution >= 4 is 0 Å². The molecule has 0 aromatic rings. The summed E-state index contributed by atoms with van der Waals surface area (Å²) in [7, 11) is 1.81. The summed E-state index contributed by atoms with van der Waals surface area (Å²) in [6.45, 7) is 7.95. The van der Waals surface area contributed by atoms with Gasteiger partial charge in [-0.15, -0.1) is 0 Å². The molecule has 72 valence electrons. The Labute approximate surface area is 75.9 Å². The first-order chi connectivity index (χ1) is 5.55. The molecule has 1 unspecified atom stereocenters. The quantitative estimate of drug-likeness (QED) is 0.600. The third kappa shape index (κ3) is 2.20.